The van der Waals surface area contributed by atoms with E-state index >= 15 is 0 Å². The molecule has 1 aromatic carbocycles. The minimum absolute atomic E-state index is 0.0174. The van der Waals surface area contributed by atoms with Crippen LogP contribution in [-0.4, -0.2) is 29.2 Å². The first kappa shape index (κ1) is 21.4. The molecule has 1 saturated heterocycles. The highest BCUT2D eigenvalue weighted by molar-refractivity contribution is 6.06. The first-order valence-electron chi connectivity index (χ1n) is 9.49. The second kappa shape index (κ2) is 7.10. The molecule has 0 aromatic heterocycles. The van der Waals surface area contributed by atoms with E-state index in [0.717, 1.165) is 11.3 Å². The highest BCUT2D eigenvalue weighted by Crippen LogP contribution is 2.52. The molecule has 5 nitrogen and oxygen atoms in total. The van der Waals surface area contributed by atoms with Gasteiger partial charge in [-0.3, -0.25) is 19.3 Å². The van der Waals surface area contributed by atoms with Gasteiger partial charge in [-0.15, -0.1) is 0 Å². The Balaban J connectivity index is 1.44. The fraction of sp³-hybridized carbons (Fsp3) is 0.450. The number of benzene rings is 1. The van der Waals surface area contributed by atoms with Crippen LogP contribution in [0.15, 0.2) is 30.4 Å². The van der Waals surface area contributed by atoms with Gasteiger partial charge < -0.3 is 5.32 Å². The number of likely N-dealkylation sites (tertiary alicyclic amines) is 1. The van der Waals surface area contributed by atoms with Gasteiger partial charge in [-0.25, -0.2) is 0 Å². The molecule has 1 saturated carbocycles. The Morgan fingerprint density at radius 1 is 0.903 bits per heavy atom. The number of anilines is 1. The minimum Gasteiger partial charge on any atom is -0.326 e. The summed E-state index contributed by atoms with van der Waals surface area (Å²) in [5.41, 5.74) is -3.79. The monoisotopic (exact) mass is 446 g/mol. The van der Waals surface area contributed by atoms with Crippen molar-refractivity contribution in [3.8, 4) is 0 Å². The zero-order valence-electron chi connectivity index (χ0n) is 15.8. The van der Waals surface area contributed by atoms with Crippen LogP contribution in [0.1, 0.15) is 24.0 Å². The lowest BCUT2D eigenvalue weighted by atomic mass is 9.85. The van der Waals surface area contributed by atoms with Crippen molar-refractivity contribution in [2.75, 3.05) is 11.9 Å². The van der Waals surface area contributed by atoms with Crippen molar-refractivity contribution in [2.24, 2.45) is 23.7 Å². The molecule has 4 rings (SSSR count). The number of nitrogens with one attached hydrogen (secondary N) is 1. The van der Waals surface area contributed by atoms with Gasteiger partial charge in [0.2, 0.25) is 17.7 Å². The Bertz CT molecular complexity index is 922. The molecule has 1 N–H and O–H groups in total. The van der Waals surface area contributed by atoms with Crippen molar-refractivity contribution in [3.63, 3.8) is 0 Å². The quantitative estimate of drug-likeness (QED) is 0.434. The van der Waals surface area contributed by atoms with E-state index in [2.05, 4.69) is 0 Å². The molecule has 1 heterocycles. The van der Waals surface area contributed by atoms with Gasteiger partial charge >= 0.3 is 12.4 Å². The number of hydrogen-bond acceptors (Lipinski definition) is 3. The standard InChI is InChI=1S/C20H16F6N2O3/c21-19(22,23)11-6-12(20(24,25)26)8-13(7-11)27-14(29)3-4-28-17(30)15-9-1-2-10(5-9)16(15)18(28)31/h1-2,6-10,15-16H,3-5H2,(H,27,29). The highest BCUT2D eigenvalue weighted by atomic mass is 19.4. The van der Waals surface area contributed by atoms with Crippen LogP contribution >= 0.6 is 0 Å². The number of alkyl halides is 6. The van der Waals surface area contributed by atoms with Gasteiger partial charge in [-0.1, -0.05) is 12.2 Å². The maximum Gasteiger partial charge on any atom is 0.416 e. The molecule has 4 atom stereocenters. The molecule has 31 heavy (non-hydrogen) atoms. The maximum absolute atomic E-state index is 12.9. The third-order valence-electron chi connectivity index (χ3n) is 6.00. The van der Waals surface area contributed by atoms with Crippen molar-refractivity contribution in [2.45, 2.75) is 25.2 Å². The zero-order chi connectivity index (χ0) is 22.7. The average molecular weight is 446 g/mol. The molecular formula is C20H16F6N2O3. The molecule has 2 bridgehead atoms. The molecule has 0 radical (unpaired) electrons. The van der Waals surface area contributed by atoms with Crippen LogP contribution in [0.4, 0.5) is 32.0 Å². The summed E-state index contributed by atoms with van der Waals surface area (Å²) in [5, 5.41) is 2.00. The van der Waals surface area contributed by atoms with Crippen molar-refractivity contribution in [3.05, 3.63) is 41.5 Å². The van der Waals surface area contributed by atoms with Gasteiger partial charge in [0.25, 0.3) is 0 Å². The van der Waals surface area contributed by atoms with Gasteiger partial charge in [0.05, 0.1) is 23.0 Å². The molecule has 3 amide bonds. The van der Waals surface area contributed by atoms with Crippen LogP contribution in [0.5, 0.6) is 0 Å². The lowest BCUT2D eigenvalue weighted by Crippen LogP contribution is -2.35. The van der Waals surface area contributed by atoms with Gasteiger partial charge in [0, 0.05) is 18.7 Å². The van der Waals surface area contributed by atoms with E-state index < -0.39 is 65.1 Å². The Labute approximate surface area is 172 Å². The first-order valence-corrected chi connectivity index (χ1v) is 9.49. The summed E-state index contributed by atoms with van der Waals surface area (Å²) in [6.45, 7) is -0.291. The van der Waals surface area contributed by atoms with Crippen LogP contribution in [0.2, 0.25) is 0 Å². The summed E-state index contributed by atoms with van der Waals surface area (Å²) in [4.78, 5) is 38.2. The Kier molecular flexibility index (Phi) is 4.90. The van der Waals surface area contributed by atoms with Crippen molar-refractivity contribution < 1.29 is 40.7 Å². The molecule has 1 aromatic rings. The zero-order valence-corrected chi connectivity index (χ0v) is 15.8. The van der Waals surface area contributed by atoms with E-state index in [0.29, 0.717) is 12.1 Å². The molecule has 2 fully saturated rings. The molecule has 4 unspecified atom stereocenters. The SMILES string of the molecule is O=C(CCN1C(=O)C2C3C=CC(C3)C2C1=O)Nc1cc(C(F)(F)F)cc(C(F)(F)F)c1. The number of allylic oxidation sites excluding steroid dienone is 2. The summed E-state index contributed by atoms with van der Waals surface area (Å²) >= 11 is 0. The van der Waals surface area contributed by atoms with Gasteiger partial charge in [0.15, 0.2) is 0 Å². The largest absolute Gasteiger partial charge is 0.416 e. The number of imide groups is 1. The fourth-order valence-corrected chi connectivity index (χ4v) is 4.65. The molecular weight excluding hydrogens is 430 g/mol. The van der Waals surface area contributed by atoms with E-state index in [-0.39, 0.29) is 24.4 Å². The van der Waals surface area contributed by atoms with Gasteiger partial charge in [-0.2, -0.15) is 26.3 Å². The van der Waals surface area contributed by atoms with Crippen LogP contribution in [0.25, 0.3) is 0 Å². The van der Waals surface area contributed by atoms with E-state index in [4.69, 9.17) is 0 Å². The number of fused-ring (bicyclic) bond motifs is 5. The van der Waals surface area contributed by atoms with E-state index in [9.17, 15) is 40.7 Å². The van der Waals surface area contributed by atoms with Gasteiger partial charge in [0.1, 0.15) is 0 Å². The van der Waals surface area contributed by atoms with Crippen LogP contribution in [0.3, 0.4) is 0 Å². The molecule has 1 aliphatic heterocycles. The van der Waals surface area contributed by atoms with Crippen LogP contribution in [0, 0.1) is 23.7 Å². The number of halogens is 6. The number of rotatable bonds is 4. The Hall–Kier alpha value is -2.85. The lowest BCUT2D eigenvalue weighted by molar-refractivity contribution is -0.144. The third-order valence-corrected chi connectivity index (χ3v) is 6.00. The Morgan fingerprint density at radius 3 is 1.84 bits per heavy atom. The van der Waals surface area contributed by atoms with E-state index in [1.54, 1.807) is 0 Å². The fourth-order valence-electron chi connectivity index (χ4n) is 4.65. The molecule has 3 aliphatic rings. The summed E-state index contributed by atoms with van der Waals surface area (Å²) in [6, 6.07) is 0.748. The summed E-state index contributed by atoms with van der Waals surface area (Å²) in [6.07, 6.45) is -5.99. The van der Waals surface area contributed by atoms with E-state index in [1.807, 2.05) is 17.5 Å². The average Bonchev–Trinajstić information content (AvgIpc) is 3.33. The van der Waals surface area contributed by atoms with Gasteiger partial charge in [-0.05, 0) is 36.5 Å². The second-order valence-corrected chi connectivity index (χ2v) is 7.92. The molecule has 11 heteroatoms. The predicted octanol–water partition coefficient (Wildman–Crippen LogP) is 3.86. The Morgan fingerprint density at radius 2 is 1.39 bits per heavy atom. The smallest absolute Gasteiger partial charge is 0.326 e. The predicted molar refractivity (Wildman–Crippen MR) is 94.1 cm³/mol. The molecule has 0 spiro atoms. The summed E-state index contributed by atoms with van der Waals surface area (Å²) in [7, 11) is 0. The topological polar surface area (TPSA) is 66.5 Å². The molecule has 166 valence electrons. The van der Waals surface area contributed by atoms with Crippen LogP contribution < -0.4 is 5.32 Å². The summed E-state index contributed by atoms with van der Waals surface area (Å²) in [5.74, 6) is -2.64. The lowest BCUT2D eigenvalue weighted by Gasteiger charge is -2.17. The van der Waals surface area contributed by atoms with E-state index in [1.165, 1.54) is 0 Å². The van der Waals surface area contributed by atoms with Crippen molar-refractivity contribution in [1.29, 1.82) is 0 Å². The number of carbonyl (C=O) groups excluding carboxylic acids is 3. The number of hydrogen-bond donors (Lipinski definition) is 1. The highest BCUT2D eigenvalue weighted by Gasteiger charge is 2.59. The minimum atomic E-state index is -5.04. The number of amides is 3. The summed E-state index contributed by atoms with van der Waals surface area (Å²) < 4.78 is 77.6. The number of carbonyl (C=O) groups is 3. The maximum atomic E-state index is 12.9. The van der Waals surface area contributed by atoms with Crippen molar-refractivity contribution >= 4 is 23.4 Å². The second-order valence-electron chi connectivity index (χ2n) is 7.92. The first-order chi connectivity index (χ1) is 14.4. The normalized spacial score (nSPS) is 27.2. The number of nitrogens with zero attached hydrogens (tertiary/aromatic N) is 1. The van der Waals surface area contributed by atoms with Crippen LogP contribution in [-0.2, 0) is 26.7 Å². The third kappa shape index (κ3) is 3.81. The molecule has 2 aliphatic carbocycles. The van der Waals surface area contributed by atoms with Crippen molar-refractivity contribution in [1.82, 2.24) is 4.90 Å².